The fourth-order valence-electron chi connectivity index (χ4n) is 1.72. The predicted octanol–water partition coefficient (Wildman–Crippen LogP) is 3.80. The highest BCUT2D eigenvalue weighted by atomic mass is 19.4. The molecule has 2 rings (SSSR count). The summed E-state index contributed by atoms with van der Waals surface area (Å²) in [7, 11) is 0. The lowest BCUT2D eigenvalue weighted by molar-refractivity contribution is -0.137. The van der Waals surface area contributed by atoms with E-state index in [1.54, 1.807) is 6.92 Å². The molecule has 0 bridgehead atoms. The van der Waals surface area contributed by atoms with Crippen LogP contribution in [0.4, 0.5) is 23.2 Å². The van der Waals surface area contributed by atoms with Gasteiger partial charge in [-0.25, -0.2) is 4.39 Å². The monoisotopic (exact) mass is 270 g/mol. The number of alkyl halides is 3. The summed E-state index contributed by atoms with van der Waals surface area (Å²) in [5, 5.41) is 0. The van der Waals surface area contributed by atoms with Gasteiger partial charge in [-0.3, -0.25) is 4.98 Å². The Bertz CT molecular complexity index is 621. The molecule has 6 heteroatoms. The van der Waals surface area contributed by atoms with E-state index in [1.165, 1.54) is 12.4 Å². The van der Waals surface area contributed by atoms with Gasteiger partial charge in [0.15, 0.2) is 0 Å². The highest BCUT2D eigenvalue weighted by Gasteiger charge is 2.31. The van der Waals surface area contributed by atoms with Gasteiger partial charge in [0.1, 0.15) is 5.82 Å². The second-order valence-electron chi connectivity index (χ2n) is 4.09. The minimum atomic E-state index is -4.57. The van der Waals surface area contributed by atoms with Crippen LogP contribution in [0.2, 0.25) is 0 Å². The summed E-state index contributed by atoms with van der Waals surface area (Å²) in [5.74, 6) is -0.953. The van der Waals surface area contributed by atoms with E-state index in [-0.39, 0.29) is 5.56 Å². The quantitative estimate of drug-likeness (QED) is 0.800. The highest BCUT2D eigenvalue weighted by molar-refractivity contribution is 5.72. The molecule has 0 spiro atoms. The number of pyridine rings is 1. The van der Waals surface area contributed by atoms with Crippen molar-refractivity contribution in [3.05, 3.63) is 47.5 Å². The molecule has 1 heterocycles. The third-order valence-electron chi connectivity index (χ3n) is 2.84. The van der Waals surface area contributed by atoms with Gasteiger partial charge in [-0.1, -0.05) is 6.07 Å². The lowest BCUT2D eigenvalue weighted by Gasteiger charge is -2.11. The maximum absolute atomic E-state index is 13.8. The van der Waals surface area contributed by atoms with Gasteiger partial charge < -0.3 is 5.73 Å². The number of benzene rings is 1. The smallest absolute Gasteiger partial charge is 0.397 e. The van der Waals surface area contributed by atoms with Crippen molar-refractivity contribution in [2.75, 3.05) is 5.73 Å². The zero-order valence-corrected chi connectivity index (χ0v) is 9.92. The van der Waals surface area contributed by atoms with Crippen LogP contribution in [0, 0.1) is 12.7 Å². The SMILES string of the molecule is Cc1c(N)cncc1-c1ccc(C(F)(F)F)cc1F. The maximum atomic E-state index is 13.8. The maximum Gasteiger partial charge on any atom is 0.416 e. The first-order chi connectivity index (χ1) is 8.80. The van der Waals surface area contributed by atoms with E-state index in [4.69, 9.17) is 5.73 Å². The van der Waals surface area contributed by atoms with E-state index < -0.39 is 17.6 Å². The molecule has 0 fully saturated rings. The van der Waals surface area contributed by atoms with Crippen molar-refractivity contribution >= 4 is 5.69 Å². The Labute approximate surface area is 106 Å². The van der Waals surface area contributed by atoms with Crippen molar-refractivity contribution in [3.8, 4) is 11.1 Å². The van der Waals surface area contributed by atoms with Crippen molar-refractivity contribution in [1.29, 1.82) is 0 Å². The average molecular weight is 270 g/mol. The average Bonchev–Trinajstić information content (AvgIpc) is 2.32. The third-order valence-corrected chi connectivity index (χ3v) is 2.84. The molecule has 1 aromatic carbocycles. The fourth-order valence-corrected chi connectivity index (χ4v) is 1.72. The highest BCUT2D eigenvalue weighted by Crippen LogP contribution is 2.34. The van der Waals surface area contributed by atoms with Crippen LogP contribution in [0.15, 0.2) is 30.6 Å². The van der Waals surface area contributed by atoms with Crippen LogP contribution in [0.1, 0.15) is 11.1 Å². The van der Waals surface area contributed by atoms with Crippen LogP contribution in [0.25, 0.3) is 11.1 Å². The summed E-state index contributed by atoms with van der Waals surface area (Å²) in [5.41, 5.74) is 5.98. The van der Waals surface area contributed by atoms with E-state index in [9.17, 15) is 17.6 Å². The Balaban J connectivity index is 2.56. The number of hydrogen-bond acceptors (Lipinski definition) is 2. The van der Waals surface area contributed by atoms with E-state index in [0.29, 0.717) is 22.9 Å². The summed E-state index contributed by atoms with van der Waals surface area (Å²) in [6, 6.07) is 2.39. The minimum Gasteiger partial charge on any atom is -0.397 e. The third kappa shape index (κ3) is 2.52. The van der Waals surface area contributed by atoms with Gasteiger partial charge in [0.2, 0.25) is 0 Å². The molecule has 0 amide bonds. The summed E-state index contributed by atoms with van der Waals surface area (Å²) < 4.78 is 51.1. The predicted molar refractivity (Wildman–Crippen MR) is 63.8 cm³/mol. The molecular weight excluding hydrogens is 260 g/mol. The van der Waals surface area contributed by atoms with Gasteiger partial charge in [0.05, 0.1) is 17.4 Å². The standard InChI is InChI=1S/C13H10F4N2/c1-7-10(5-19-6-12(7)18)9-3-2-8(4-11(9)14)13(15,16)17/h2-6H,18H2,1H3. The van der Waals surface area contributed by atoms with Crippen molar-refractivity contribution in [2.45, 2.75) is 13.1 Å². The van der Waals surface area contributed by atoms with E-state index in [0.717, 1.165) is 12.1 Å². The molecule has 0 saturated heterocycles. The van der Waals surface area contributed by atoms with Gasteiger partial charge in [-0.15, -0.1) is 0 Å². The molecule has 2 nitrogen and oxygen atoms in total. The van der Waals surface area contributed by atoms with Crippen molar-refractivity contribution < 1.29 is 17.6 Å². The lowest BCUT2D eigenvalue weighted by atomic mass is 10.00. The summed E-state index contributed by atoms with van der Waals surface area (Å²) in [6.45, 7) is 1.66. The molecule has 19 heavy (non-hydrogen) atoms. The van der Waals surface area contributed by atoms with Crippen LogP contribution in [0.3, 0.4) is 0 Å². The summed E-state index contributed by atoms with van der Waals surface area (Å²) >= 11 is 0. The Kier molecular flexibility index (Phi) is 3.18. The van der Waals surface area contributed by atoms with Crippen LogP contribution < -0.4 is 5.73 Å². The number of nitrogen functional groups attached to an aromatic ring is 1. The largest absolute Gasteiger partial charge is 0.416 e. The minimum absolute atomic E-state index is 0.0466. The molecule has 0 radical (unpaired) electrons. The number of aromatic nitrogens is 1. The van der Waals surface area contributed by atoms with E-state index >= 15 is 0 Å². The van der Waals surface area contributed by atoms with Gasteiger partial charge in [0, 0.05) is 17.3 Å². The Hall–Kier alpha value is -2.11. The van der Waals surface area contributed by atoms with Gasteiger partial charge in [0.25, 0.3) is 0 Å². The van der Waals surface area contributed by atoms with Crippen molar-refractivity contribution in [3.63, 3.8) is 0 Å². The fraction of sp³-hybridized carbons (Fsp3) is 0.154. The second kappa shape index (κ2) is 4.53. The van der Waals surface area contributed by atoms with Gasteiger partial charge in [-0.2, -0.15) is 13.2 Å². The molecule has 0 aliphatic rings. The molecule has 2 N–H and O–H groups in total. The molecular formula is C13H10F4N2. The molecule has 0 aliphatic heterocycles. The number of anilines is 1. The second-order valence-corrected chi connectivity index (χ2v) is 4.09. The molecule has 100 valence electrons. The molecule has 2 aromatic rings. The van der Waals surface area contributed by atoms with Gasteiger partial charge in [-0.05, 0) is 24.6 Å². The summed E-state index contributed by atoms with van der Waals surface area (Å²) in [4.78, 5) is 3.82. The first kappa shape index (κ1) is 13.3. The van der Waals surface area contributed by atoms with Crippen LogP contribution in [0.5, 0.6) is 0 Å². The van der Waals surface area contributed by atoms with Gasteiger partial charge >= 0.3 is 6.18 Å². The topological polar surface area (TPSA) is 38.9 Å². The van der Waals surface area contributed by atoms with Crippen molar-refractivity contribution in [1.82, 2.24) is 4.98 Å². The van der Waals surface area contributed by atoms with E-state index in [1.807, 2.05) is 0 Å². The molecule has 0 atom stereocenters. The van der Waals surface area contributed by atoms with Crippen LogP contribution in [-0.4, -0.2) is 4.98 Å². The van der Waals surface area contributed by atoms with Crippen LogP contribution in [-0.2, 0) is 6.18 Å². The first-order valence-corrected chi connectivity index (χ1v) is 5.38. The zero-order valence-electron chi connectivity index (χ0n) is 9.92. The number of rotatable bonds is 1. The number of hydrogen-bond donors (Lipinski definition) is 1. The Morgan fingerprint density at radius 2 is 1.79 bits per heavy atom. The summed E-state index contributed by atoms with van der Waals surface area (Å²) in [6.07, 6.45) is -1.79. The molecule has 0 unspecified atom stereocenters. The number of halogens is 4. The van der Waals surface area contributed by atoms with Crippen molar-refractivity contribution in [2.24, 2.45) is 0 Å². The molecule has 1 aromatic heterocycles. The number of nitrogens with two attached hydrogens (primary N) is 1. The van der Waals surface area contributed by atoms with Crippen LogP contribution >= 0.6 is 0 Å². The Morgan fingerprint density at radius 3 is 2.37 bits per heavy atom. The van der Waals surface area contributed by atoms with E-state index in [2.05, 4.69) is 4.98 Å². The number of nitrogens with zero attached hydrogens (tertiary/aromatic N) is 1. The molecule has 0 aliphatic carbocycles. The lowest BCUT2D eigenvalue weighted by Crippen LogP contribution is -2.05. The zero-order chi connectivity index (χ0) is 14.2. The molecule has 0 saturated carbocycles. The normalized spacial score (nSPS) is 11.6. The Morgan fingerprint density at radius 1 is 1.11 bits per heavy atom. The first-order valence-electron chi connectivity index (χ1n) is 5.38.